The molecule has 1 aromatic heterocycles. The van der Waals surface area contributed by atoms with Crippen LogP contribution in [0.5, 0.6) is 0 Å². The van der Waals surface area contributed by atoms with Gasteiger partial charge in [-0.15, -0.1) is 11.3 Å². The van der Waals surface area contributed by atoms with Crippen molar-refractivity contribution in [3.63, 3.8) is 0 Å². The summed E-state index contributed by atoms with van der Waals surface area (Å²) in [6, 6.07) is 11.7. The first-order valence-corrected chi connectivity index (χ1v) is 9.28. The highest BCUT2D eigenvalue weighted by Crippen LogP contribution is 2.17. The van der Waals surface area contributed by atoms with Crippen molar-refractivity contribution in [1.29, 1.82) is 0 Å². The van der Waals surface area contributed by atoms with Crippen molar-refractivity contribution in [1.82, 2.24) is 5.32 Å². The van der Waals surface area contributed by atoms with Crippen molar-refractivity contribution in [2.45, 2.75) is 40.2 Å². The van der Waals surface area contributed by atoms with E-state index in [0.717, 1.165) is 16.9 Å². The Kier molecular flexibility index (Phi) is 6.76. The molecule has 1 amide bonds. The first-order valence-electron chi connectivity index (χ1n) is 8.47. The van der Waals surface area contributed by atoms with Crippen molar-refractivity contribution in [2.24, 2.45) is 5.92 Å². The van der Waals surface area contributed by atoms with E-state index in [4.69, 9.17) is 4.74 Å². The Balaban J connectivity index is 1.82. The molecule has 0 aliphatic carbocycles. The highest BCUT2D eigenvalue weighted by atomic mass is 32.1. The summed E-state index contributed by atoms with van der Waals surface area (Å²) in [4.78, 5) is 25.4. The molecule has 0 bridgehead atoms. The van der Waals surface area contributed by atoms with E-state index in [1.54, 1.807) is 6.07 Å². The Morgan fingerprint density at radius 2 is 1.76 bits per heavy atom. The van der Waals surface area contributed by atoms with Gasteiger partial charge in [0.1, 0.15) is 4.88 Å². The summed E-state index contributed by atoms with van der Waals surface area (Å²) in [5.41, 5.74) is 2.32. The van der Waals surface area contributed by atoms with Gasteiger partial charge in [-0.2, -0.15) is 0 Å². The topological polar surface area (TPSA) is 55.4 Å². The van der Waals surface area contributed by atoms with Crippen molar-refractivity contribution >= 4 is 23.2 Å². The van der Waals surface area contributed by atoms with Gasteiger partial charge in [-0.1, -0.05) is 38.1 Å². The van der Waals surface area contributed by atoms with E-state index in [-0.39, 0.29) is 18.6 Å². The highest BCUT2D eigenvalue weighted by Gasteiger charge is 2.14. The van der Waals surface area contributed by atoms with Gasteiger partial charge in [-0.25, -0.2) is 4.79 Å². The van der Waals surface area contributed by atoms with Gasteiger partial charge in [0.15, 0.2) is 6.61 Å². The van der Waals surface area contributed by atoms with Crippen molar-refractivity contribution in [2.75, 3.05) is 6.61 Å². The third kappa shape index (κ3) is 6.02. The molecule has 1 heterocycles. The molecule has 0 saturated heterocycles. The summed E-state index contributed by atoms with van der Waals surface area (Å²) in [5, 5.41) is 2.86. The maximum atomic E-state index is 12.0. The number of hydrogen-bond acceptors (Lipinski definition) is 4. The van der Waals surface area contributed by atoms with Crippen LogP contribution in [0.15, 0.2) is 36.4 Å². The molecule has 5 heteroatoms. The molecule has 0 unspecified atom stereocenters. The fraction of sp³-hybridized carbons (Fsp3) is 0.400. The molecular weight excluding hydrogens is 334 g/mol. The number of aryl methyl sites for hydroxylation is 1. The standard InChI is InChI=1S/C20H25NO3S/c1-13(2)11-16-6-8-17(9-7-16)15(4)21-19(22)12-24-20(23)18-10-5-14(3)25-18/h5-10,13,15H,11-12H2,1-4H3,(H,21,22)/t15-/m0/s1. The number of carbonyl (C=O) groups excluding carboxylic acids is 2. The van der Waals surface area contributed by atoms with Gasteiger partial charge in [-0.05, 0) is 49.4 Å². The molecule has 2 rings (SSSR count). The largest absolute Gasteiger partial charge is 0.451 e. The predicted octanol–water partition coefficient (Wildman–Crippen LogP) is 4.29. The Morgan fingerprint density at radius 3 is 2.32 bits per heavy atom. The number of carbonyl (C=O) groups is 2. The lowest BCUT2D eigenvalue weighted by Crippen LogP contribution is -2.31. The molecule has 25 heavy (non-hydrogen) atoms. The van der Waals surface area contributed by atoms with Crippen LogP contribution in [-0.2, 0) is 16.0 Å². The zero-order valence-corrected chi connectivity index (χ0v) is 16.0. The van der Waals surface area contributed by atoms with Crippen LogP contribution < -0.4 is 5.32 Å². The van der Waals surface area contributed by atoms with Crippen LogP contribution in [0, 0.1) is 12.8 Å². The molecule has 1 atom stereocenters. The predicted molar refractivity (Wildman–Crippen MR) is 101 cm³/mol. The zero-order valence-electron chi connectivity index (χ0n) is 15.2. The van der Waals surface area contributed by atoms with Crippen molar-refractivity contribution < 1.29 is 14.3 Å². The molecular formula is C20H25NO3S. The Bertz CT molecular complexity index is 719. The first kappa shape index (κ1) is 19.2. The lowest BCUT2D eigenvalue weighted by Gasteiger charge is -2.15. The lowest BCUT2D eigenvalue weighted by molar-refractivity contribution is -0.124. The van der Waals surface area contributed by atoms with Crippen molar-refractivity contribution in [3.05, 3.63) is 57.3 Å². The van der Waals surface area contributed by atoms with E-state index in [9.17, 15) is 9.59 Å². The van der Waals surface area contributed by atoms with Crippen LogP contribution in [0.2, 0.25) is 0 Å². The summed E-state index contributed by atoms with van der Waals surface area (Å²) in [6.45, 7) is 7.94. The second-order valence-corrected chi connectivity index (χ2v) is 7.90. The molecule has 134 valence electrons. The summed E-state index contributed by atoms with van der Waals surface area (Å²) < 4.78 is 5.06. The Hall–Kier alpha value is -2.14. The molecule has 0 radical (unpaired) electrons. The lowest BCUT2D eigenvalue weighted by atomic mass is 10.00. The van der Waals surface area contributed by atoms with E-state index in [1.165, 1.54) is 16.9 Å². The number of thiophene rings is 1. The number of ether oxygens (including phenoxy) is 1. The molecule has 1 aromatic carbocycles. The van der Waals surface area contributed by atoms with E-state index in [2.05, 4.69) is 31.3 Å². The summed E-state index contributed by atoms with van der Waals surface area (Å²) >= 11 is 1.36. The number of benzene rings is 1. The maximum Gasteiger partial charge on any atom is 0.348 e. The highest BCUT2D eigenvalue weighted by molar-refractivity contribution is 7.13. The summed E-state index contributed by atoms with van der Waals surface area (Å²) in [5.74, 6) is -0.149. The number of amides is 1. The fourth-order valence-corrected chi connectivity index (χ4v) is 3.29. The van der Waals surface area contributed by atoms with Crippen molar-refractivity contribution in [3.8, 4) is 0 Å². The van der Waals surface area contributed by atoms with Crippen LogP contribution in [-0.4, -0.2) is 18.5 Å². The minimum Gasteiger partial charge on any atom is -0.451 e. The minimum absolute atomic E-state index is 0.136. The Labute approximate surface area is 153 Å². The van der Waals surface area contributed by atoms with Gasteiger partial charge in [-0.3, -0.25) is 4.79 Å². The number of hydrogen-bond donors (Lipinski definition) is 1. The monoisotopic (exact) mass is 359 g/mol. The minimum atomic E-state index is -0.459. The van der Waals surface area contributed by atoms with Crippen LogP contribution in [0.25, 0.3) is 0 Å². The molecule has 4 nitrogen and oxygen atoms in total. The maximum absolute atomic E-state index is 12.0. The SMILES string of the molecule is Cc1ccc(C(=O)OCC(=O)N[C@@H](C)c2ccc(CC(C)C)cc2)s1. The normalized spacial score (nSPS) is 12.0. The number of rotatable bonds is 7. The smallest absolute Gasteiger partial charge is 0.348 e. The van der Waals surface area contributed by atoms with Crippen LogP contribution in [0.3, 0.4) is 0 Å². The van der Waals surface area contributed by atoms with Gasteiger partial charge in [0.25, 0.3) is 5.91 Å². The summed E-state index contributed by atoms with van der Waals surface area (Å²) in [6.07, 6.45) is 1.04. The molecule has 1 N–H and O–H groups in total. The quantitative estimate of drug-likeness (QED) is 0.750. The van der Waals surface area contributed by atoms with E-state index >= 15 is 0 Å². The average molecular weight is 359 g/mol. The Morgan fingerprint density at radius 1 is 1.08 bits per heavy atom. The second-order valence-electron chi connectivity index (χ2n) is 6.62. The molecule has 2 aromatic rings. The van der Waals surface area contributed by atoms with Gasteiger partial charge in [0.2, 0.25) is 0 Å². The molecule has 0 spiro atoms. The number of nitrogens with one attached hydrogen (secondary N) is 1. The second kappa shape index (κ2) is 8.81. The third-order valence-corrected chi connectivity index (χ3v) is 4.76. The van der Waals surface area contributed by atoms with E-state index in [1.807, 2.05) is 32.0 Å². The third-order valence-electron chi connectivity index (χ3n) is 3.78. The zero-order chi connectivity index (χ0) is 18.4. The van der Waals surface area contributed by atoms with Gasteiger partial charge < -0.3 is 10.1 Å². The molecule has 0 fully saturated rings. The van der Waals surface area contributed by atoms with Gasteiger partial charge >= 0.3 is 5.97 Å². The van der Waals surface area contributed by atoms with Crippen LogP contribution in [0.4, 0.5) is 0 Å². The average Bonchev–Trinajstić information content (AvgIpc) is 2.99. The van der Waals surface area contributed by atoms with E-state index < -0.39 is 5.97 Å². The van der Waals surface area contributed by atoms with Crippen LogP contribution in [0.1, 0.15) is 52.5 Å². The molecule has 0 aliphatic rings. The van der Waals surface area contributed by atoms with Gasteiger partial charge in [0, 0.05) is 4.88 Å². The number of esters is 1. The van der Waals surface area contributed by atoms with E-state index in [0.29, 0.717) is 10.8 Å². The molecule has 0 saturated carbocycles. The van der Waals surface area contributed by atoms with Gasteiger partial charge in [0.05, 0.1) is 6.04 Å². The van der Waals surface area contributed by atoms with Crippen LogP contribution >= 0.6 is 11.3 Å². The molecule has 0 aliphatic heterocycles. The first-order chi connectivity index (χ1) is 11.8. The summed E-state index contributed by atoms with van der Waals surface area (Å²) in [7, 11) is 0. The fourth-order valence-electron chi connectivity index (χ4n) is 2.53.